The van der Waals surface area contributed by atoms with E-state index in [2.05, 4.69) is 11.7 Å². The zero-order valence-corrected chi connectivity index (χ0v) is 8.09. The largest absolute Gasteiger partial charge is 0.491 e. The molecule has 0 aromatic carbocycles. The molecule has 0 aliphatic heterocycles. The third-order valence-corrected chi connectivity index (χ3v) is 1.93. The molecule has 0 radical (unpaired) electrons. The molecular weight excluding hydrogens is 179 g/mol. The van der Waals surface area contributed by atoms with Gasteiger partial charge in [0.15, 0.2) is 0 Å². The molecule has 74 valence electrons. The molecule has 5 heteroatoms. The molecule has 4 nitrogen and oxygen atoms in total. The lowest BCUT2D eigenvalue weighted by Gasteiger charge is -2.00. The summed E-state index contributed by atoms with van der Waals surface area (Å²) in [5.41, 5.74) is 1.43. The first-order valence-electron chi connectivity index (χ1n) is 4.33. The van der Waals surface area contributed by atoms with Gasteiger partial charge in [-0.05, 0) is 12.5 Å². The fourth-order valence-corrected chi connectivity index (χ4v) is 1.06. The van der Waals surface area contributed by atoms with E-state index in [0.29, 0.717) is 12.0 Å². The molecule has 0 saturated heterocycles. The van der Waals surface area contributed by atoms with E-state index in [1.165, 1.54) is 6.20 Å². The van der Waals surface area contributed by atoms with Crippen molar-refractivity contribution in [2.45, 2.75) is 13.5 Å². The summed E-state index contributed by atoms with van der Waals surface area (Å²) in [5.74, 6) is 0. The zero-order chi connectivity index (χ0) is 10.6. The molecule has 1 aromatic heterocycles. The summed E-state index contributed by atoms with van der Waals surface area (Å²) in [6, 6.07) is 0. The van der Waals surface area contributed by atoms with Gasteiger partial charge >= 0.3 is 7.12 Å². The van der Waals surface area contributed by atoms with Gasteiger partial charge in [-0.1, -0.05) is 18.7 Å². The van der Waals surface area contributed by atoms with Crippen LogP contribution in [0.5, 0.6) is 0 Å². The number of allylic oxidation sites excluding steroid dienone is 3. The monoisotopic (exact) mass is 192 g/mol. The summed E-state index contributed by atoms with van der Waals surface area (Å²) in [7, 11) is -1.46. The molecule has 0 aliphatic rings. The maximum absolute atomic E-state index is 8.85. The van der Waals surface area contributed by atoms with E-state index in [4.69, 9.17) is 10.0 Å². The first-order chi connectivity index (χ1) is 6.67. The van der Waals surface area contributed by atoms with Crippen LogP contribution in [-0.4, -0.2) is 26.9 Å². The van der Waals surface area contributed by atoms with Gasteiger partial charge in [0, 0.05) is 17.9 Å². The molecule has 0 unspecified atom stereocenters. The third-order valence-electron chi connectivity index (χ3n) is 1.93. The van der Waals surface area contributed by atoms with Gasteiger partial charge < -0.3 is 10.0 Å². The van der Waals surface area contributed by atoms with Crippen LogP contribution in [0.4, 0.5) is 0 Å². The SMILES string of the molecule is C=C/C(=C\C)Cn1cc(B(O)O)cn1. The van der Waals surface area contributed by atoms with E-state index in [9.17, 15) is 0 Å². The van der Waals surface area contributed by atoms with Crippen LogP contribution >= 0.6 is 0 Å². The Morgan fingerprint density at radius 2 is 2.43 bits per heavy atom. The van der Waals surface area contributed by atoms with Crippen molar-refractivity contribution in [3.05, 3.63) is 36.7 Å². The second-order valence-electron chi connectivity index (χ2n) is 2.91. The molecule has 0 spiro atoms. The van der Waals surface area contributed by atoms with Gasteiger partial charge in [-0.25, -0.2) is 0 Å². The quantitative estimate of drug-likeness (QED) is 0.508. The van der Waals surface area contributed by atoms with E-state index < -0.39 is 7.12 Å². The van der Waals surface area contributed by atoms with Gasteiger partial charge in [0.05, 0.1) is 6.54 Å². The summed E-state index contributed by atoms with van der Waals surface area (Å²) < 4.78 is 1.63. The summed E-state index contributed by atoms with van der Waals surface area (Å²) in [4.78, 5) is 0. The second-order valence-corrected chi connectivity index (χ2v) is 2.91. The second kappa shape index (κ2) is 4.78. The highest BCUT2D eigenvalue weighted by Crippen LogP contribution is 1.98. The lowest BCUT2D eigenvalue weighted by molar-refractivity contribution is 0.425. The standard InChI is InChI=1S/C9H13BN2O2/c1-3-8(4-2)6-12-7-9(5-11-12)10(13)14/h3-5,7,13-14H,1,6H2,2H3/b8-4+. The van der Waals surface area contributed by atoms with Crippen LogP contribution in [0.1, 0.15) is 6.92 Å². The van der Waals surface area contributed by atoms with Gasteiger partial charge in [0.25, 0.3) is 0 Å². The Morgan fingerprint density at radius 1 is 1.71 bits per heavy atom. The maximum atomic E-state index is 8.85. The van der Waals surface area contributed by atoms with Crippen LogP contribution in [0, 0.1) is 0 Å². The molecule has 1 rings (SSSR count). The van der Waals surface area contributed by atoms with Crippen molar-refractivity contribution in [3.8, 4) is 0 Å². The van der Waals surface area contributed by atoms with E-state index in [1.807, 2.05) is 13.0 Å². The third kappa shape index (κ3) is 2.58. The van der Waals surface area contributed by atoms with Crippen molar-refractivity contribution in [1.29, 1.82) is 0 Å². The highest BCUT2D eigenvalue weighted by atomic mass is 16.4. The van der Waals surface area contributed by atoms with Gasteiger partial charge in [-0.15, -0.1) is 0 Å². The fraction of sp³-hybridized carbons (Fsp3) is 0.222. The van der Waals surface area contributed by atoms with Crippen LogP contribution in [0.15, 0.2) is 36.7 Å². The molecule has 2 N–H and O–H groups in total. The summed E-state index contributed by atoms with van der Waals surface area (Å²) >= 11 is 0. The van der Waals surface area contributed by atoms with Crippen molar-refractivity contribution in [2.24, 2.45) is 0 Å². The van der Waals surface area contributed by atoms with Crippen LogP contribution in [0.2, 0.25) is 0 Å². The molecule has 0 amide bonds. The molecule has 0 aliphatic carbocycles. The van der Waals surface area contributed by atoms with Gasteiger partial charge in [0.1, 0.15) is 0 Å². The number of hydrogen-bond donors (Lipinski definition) is 2. The van der Waals surface area contributed by atoms with Crippen LogP contribution in [0.3, 0.4) is 0 Å². The van der Waals surface area contributed by atoms with Gasteiger partial charge in [0.2, 0.25) is 0 Å². The molecule has 0 atom stereocenters. The smallest absolute Gasteiger partial charge is 0.423 e. The minimum atomic E-state index is -1.46. The van der Waals surface area contributed by atoms with Crippen LogP contribution in [-0.2, 0) is 6.54 Å². The first kappa shape index (κ1) is 10.8. The maximum Gasteiger partial charge on any atom is 0.491 e. The minimum Gasteiger partial charge on any atom is -0.423 e. The van der Waals surface area contributed by atoms with Crippen molar-refractivity contribution in [2.75, 3.05) is 0 Å². The Balaban J connectivity index is 2.73. The topological polar surface area (TPSA) is 58.3 Å². The van der Waals surface area contributed by atoms with Gasteiger partial charge in [-0.2, -0.15) is 5.10 Å². The fourth-order valence-electron chi connectivity index (χ4n) is 1.06. The van der Waals surface area contributed by atoms with Crippen molar-refractivity contribution < 1.29 is 10.0 Å². The summed E-state index contributed by atoms with van der Waals surface area (Å²) in [5, 5.41) is 21.7. The minimum absolute atomic E-state index is 0.393. The highest BCUT2D eigenvalue weighted by molar-refractivity contribution is 6.58. The van der Waals surface area contributed by atoms with E-state index in [-0.39, 0.29) is 0 Å². The Kier molecular flexibility index (Phi) is 3.68. The predicted octanol–water partition coefficient (Wildman–Crippen LogP) is -0.305. The zero-order valence-electron chi connectivity index (χ0n) is 8.09. The van der Waals surface area contributed by atoms with E-state index in [0.717, 1.165) is 5.57 Å². The molecule has 0 saturated carbocycles. The first-order valence-corrected chi connectivity index (χ1v) is 4.33. The Morgan fingerprint density at radius 3 is 2.86 bits per heavy atom. The van der Waals surface area contributed by atoms with E-state index in [1.54, 1.807) is 17.0 Å². The molecule has 1 aromatic rings. The number of nitrogens with zero attached hydrogens (tertiary/aromatic N) is 2. The Labute approximate surface area is 83.3 Å². The Hall–Kier alpha value is -1.33. The van der Waals surface area contributed by atoms with Crippen molar-refractivity contribution in [3.63, 3.8) is 0 Å². The average Bonchev–Trinajstić information content (AvgIpc) is 2.62. The van der Waals surface area contributed by atoms with Crippen LogP contribution in [0.25, 0.3) is 0 Å². The average molecular weight is 192 g/mol. The normalized spacial score (nSPS) is 11.5. The predicted molar refractivity (Wildman–Crippen MR) is 56.0 cm³/mol. The molecule has 14 heavy (non-hydrogen) atoms. The number of rotatable bonds is 4. The summed E-state index contributed by atoms with van der Waals surface area (Å²) in [6.07, 6.45) is 6.71. The Bertz CT molecular complexity index is 344. The molecule has 1 heterocycles. The van der Waals surface area contributed by atoms with Crippen molar-refractivity contribution >= 4 is 12.6 Å². The molecular formula is C9H13BN2O2. The molecule has 0 fully saturated rings. The van der Waals surface area contributed by atoms with Crippen molar-refractivity contribution in [1.82, 2.24) is 9.78 Å². The van der Waals surface area contributed by atoms with Crippen LogP contribution < -0.4 is 5.46 Å². The number of hydrogen-bond acceptors (Lipinski definition) is 3. The van der Waals surface area contributed by atoms with E-state index >= 15 is 0 Å². The lowest BCUT2D eigenvalue weighted by Crippen LogP contribution is -2.28. The molecule has 0 bridgehead atoms. The lowest BCUT2D eigenvalue weighted by atomic mass is 9.83. The highest BCUT2D eigenvalue weighted by Gasteiger charge is 2.12. The summed E-state index contributed by atoms with van der Waals surface area (Å²) in [6.45, 7) is 6.17. The number of aromatic nitrogens is 2. The van der Waals surface area contributed by atoms with Gasteiger partial charge in [-0.3, -0.25) is 4.68 Å².